The highest BCUT2D eigenvalue weighted by Gasteiger charge is 2.17. The van der Waals surface area contributed by atoms with Gasteiger partial charge in [0.25, 0.3) is 5.91 Å². The molecule has 0 radical (unpaired) electrons. The first-order valence-corrected chi connectivity index (χ1v) is 9.59. The molecule has 4 nitrogen and oxygen atoms in total. The van der Waals surface area contributed by atoms with E-state index in [4.69, 9.17) is 0 Å². The maximum absolute atomic E-state index is 12.7. The van der Waals surface area contributed by atoms with E-state index in [1.165, 1.54) is 5.56 Å². The number of amides is 1. The molecule has 0 bridgehead atoms. The predicted octanol–water partition coefficient (Wildman–Crippen LogP) is 4.56. The maximum Gasteiger partial charge on any atom is 0.274 e. The second kappa shape index (κ2) is 10.7. The Labute approximate surface area is 151 Å². The van der Waals surface area contributed by atoms with Crippen LogP contribution in [0, 0.1) is 0 Å². The van der Waals surface area contributed by atoms with E-state index in [1.807, 2.05) is 21.7 Å². The smallest absolute Gasteiger partial charge is 0.274 e. The van der Waals surface area contributed by atoms with Crippen molar-refractivity contribution >= 4 is 5.91 Å². The Morgan fingerprint density at radius 1 is 1.04 bits per heavy atom. The zero-order valence-electron chi connectivity index (χ0n) is 15.7. The van der Waals surface area contributed by atoms with Crippen LogP contribution in [-0.4, -0.2) is 33.4 Å². The van der Waals surface area contributed by atoms with Crippen molar-refractivity contribution in [1.82, 2.24) is 14.5 Å². The number of hydrogen-bond donors (Lipinski definition) is 0. The molecule has 0 saturated carbocycles. The average molecular weight is 341 g/mol. The van der Waals surface area contributed by atoms with Gasteiger partial charge in [0.15, 0.2) is 0 Å². The highest BCUT2D eigenvalue weighted by atomic mass is 16.2. The van der Waals surface area contributed by atoms with E-state index in [-0.39, 0.29) is 5.91 Å². The number of hydrogen-bond acceptors (Lipinski definition) is 2. The number of aromatic nitrogens is 2. The third-order valence-electron chi connectivity index (χ3n) is 4.43. The molecule has 25 heavy (non-hydrogen) atoms. The van der Waals surface area contributed by atoms with Crippen LogP contribution in [0.1, 0.15) is 62.0 Å². The minimum absolute atomic E-state index is 0.0729. The molecule has 1 aromatic carbocycles. The van der Waals surface area contributed by atoms with Crippen molar-refractivity contribution in [2.24, 2.45) is 0 Å². The van der Waals surface area contributed by atoms with Crippen LogP contribution < -0.4 is 0 Å². The van der Waals surface area contributed by atoms with Crippen molar-refractivity contribution in [3.05, 3.63) is 54.1 Å². The lowest BCUT2D eigenvalue weighted by molar-refractivity contribution is 0.0745. The van der Waals surface area contributed by atoms with Crippen LogP contribution in [0.15, 0.2) is 42.9 Å². The summed E-state index contributed by atoms with van der Waals surface area (Å²) >= 11 is 0. The van der Waals surface area contributed by atoms with Crippen LogP contribution >= 0.6 is 0 Å². The molecule has 0 fully saturated rings. The van der Waals surface area contributed by atoms with Crippen molar-refractivity contribution < 1.29 is 4.79 Å². The lowest BCUT2D eigenvalue weighted by atomic mass is 10.1. The van der Waals surface area contributed by atoms with Crippen LogP contribution in [-0.2, 0) is 13.0 Å². The number of carbonyl (C=O) groups excluding carboxylic acids is 1. The summed E-state index contributed by atoms with van der Waals surface area (Å²) in [6.07, 6.45) is 10.1. The Balaban J connectivity index is 1.87. The molecule has 0 atom stereocenters. The Bertz CT molecular complexity index is 613. The molecule has 0 spiro atoms. The third kappa shape index (κ3) is 6.37. The van der Waals surface area contributed by atoms with Crippen molar-refractivity contribution in [3.8, 4) is 0 Å². The van der Waals surface area contributed by atoms with E-state index in [0.717, 1.165) is 58.2 Å². The Morgan fingerprint density at radius 2 is 1.72 bits per heavy atom. The first-order valence-electron chi connectivity index (χ1n) is 9.59. The molecule has 2 aromatic rings. The van der Waals surface area contributed by atoms with Gasteiger partial charge in [0, 0.05) is 25.8 Å². The van der Waals surface area contributed by atoms with Gasteiger partial charge in [-0.1, -0.05) is 57.0 Å². The number of imidazole rings is 1. The van der Waals surface area contributed by atoms with Crippen molar-refractivity contribution in [2.45, 2.75) is 58.9 Å². The molecular weight excluding hydrogens is 310 g/mol. The van der Waals surface area contributed by atoms with Gasteiger partial charge < -0.3 is 9.47 Å². The van der Waals surface area contributed by atoms with Gasteiger partial charge in [-0.3, -0.25) is 4.79 Å². The number of nitrogens with zero attached hydrogens (tertiary/aromatic N) is 3. The van der Waals surface area contributed by atoms with Gasteiger partial charge in [-0.15, -0.1) is 0 Å². The van der Waals surface area contributed by atoms with Crippen LogP contribution in [0.3, 0.4) is 0 Å². The van der Waals surface area contributed by atoms with Gasteiger partial charge in [-0.25, -0.2) is 4.98 Å². The summed E-state index contributed by atoms with van der Waals surface area (Å²) in [6, 6.07) is 10.5. The monoisotopic (exact) mass is 341 g/mol. The third-order valence-corrected chi connectivity index (χ3v) is 4.43. The molecule has 0 aliphatic heterocycles. The second-order valence-corrected chi connectivity index (χ2v) is 6.59. The fourth-order valence-corrected chi connectivity index (χ4v) is 2.88. The quantitative estimate of drug-likeness (QED) is 0.601. The van der Waals surface area contributed by atoms with Gasteiger partial charge in [0.05, 0.1) is 6.33 Å². The number of unbranched alkanes of at least 4 members (excludes halogenated alkanes) is 2. The van der Waals surface area contributed by atoms with Crippen molar-refractivity contribution in [1.29, 1.82) is 0 Å². The molecule has 0 saturated heterocycles. The Kier molecular flexibility index (Phi) is 8.23. The molecule has 1 amide bonds. The van der Waals surface area contributed by atoms with E-state index in [0.29, 0.717) is 5.69 Å². The highest BCUT2D eigenvalue weighted by molar-refractivity contribution is 5.92. The average Bonchev–Trinajstić information content (AvgIpc) is 3.11. The molecule has 1 aromatic heterocycles. The molecule has 136 valence electrons. The molecule has 0 aliphatic carbocycles. The van der Waals surface area contributed by atoms with Gasteiger partial charge in [-0.05, 0) is 31.2 Å². The minimum Gasteiger partial charge on any atom is -0.337 e. The largest absolute Gasteiger partial charge is 0.337 e. The normalized spacial score (nSPS) is 10.8. The van der Waals surface area contributed by atoms with Crippen molar-refractivity contribution in [3.63, 3.8) is 0 Å². The topological polar surface area (TPSA) is 38.1 Å². The van der Waals surface area contributed by atoms with Crippen LogP contribution in [0.2, 0.25) is 0 Å². The molecule has 2 rings (SSSR count). The van der Waals surface area contributed by atoms with E-state index in [9.17, 15) is 4.79 Å². The predicted molar refractivity (Wildman–Crippen MR) is 103 cm³/mol. The van der Waals surface area contributed by atoms with Gasteiger partial charge in [0.1, 0.15) is 5.69 Å². The molecular formula is C21H31N3O. The Morgan fingerprint density at radius 3 is 2.36 bits per heavy atom. The second-order valence-electron chi connectivity index (χ2n) is 6.59. The van der Waals surface area contributed by atoms with Crippen molar-refractivity contribution in [2.75, 3.05) is 13.1 Å². The zero-order chi connectivity index (χ0) is 17.9. The summed E-state index contributed by atoms with van der Waals surface area (Å²) in [4.78, 5) is 19.0. The minimum atomic E-state index is 0.0729. The van der Waals surface area contributed by atoms with E-state index in [1.54, 1.807) is 6.33 Å². The first kappa shape index (κ1) is 19.2. The molecule has 0 aliphatic rings. The molecule has 0 N–H and O–H groups in total. The fraction of sp³-hybridized carbons (Fsp3) is 0.524. The summed E-state index contributed by atoms with van der Waals surface area (Å²) < 4.78 is 2.04. The summed E-state index contributed by atoms with van der Waals surface area (Å²) in [5.41, 5.74) is 1.93. The molecule has 0 unspecified atom stereocenters. The lowest BCUT2D eigenvalue weighted by Crippen LogP contribution is -2.33. The first-order chi connectivity index (χ1) is 12.2. The SMILES string of the molecule is CCCCN(CCCC)C(=O)c1cn(CCCc2ccccc2)cn1. The Hall–Kier alpha value is -2.10. The zero-order valence-corrected chi connectivity index (χ0v) is 15.7. The van der Waals surface area contributed by atoms with Crippen LogP contribution in [0.5, 0.6) is 0 Å². The van der Waals surface area contributed by atoms with Gasteiger partial charge in [-0.2, -0.15) is 0 Å². The molecule has 1 heterocycles. The van der Waals surface area contributed by atoms with E-state index >= 15 is 0 Å². The number of benzene rings is 1. The number of aryl methyl sites for hydroxylation is 2. The van der Waals surface area contributed by atoms with Crippen LogP contribution in [0.25, 0.3) is 0 Å². The summed E-state index contributed by atoms with van der Waals surface area (Å²) in [6.45, 7) is 6.86. The summed E-state index contributed by atoms with van der Waals surface area (Å²) in [5.74, 6) is 0.0729. The van der Waals surface area contributed by atoms with Gasteiger partial charge >= 0.3 is 0 Å². The highest BCUT2D eigenvalue weighted by Crippen LogP contribution is 2.08. The van der Waals surface area contributed by atoms with Gasteiger partial charge in [0.2, 0.25) is 0 Å². The van der Waals surface area contributed by atoms with E-state index < -0.39 is 0 Å². The number of carbonyl (C=O) groups is 1. The maximum atomic E-state index is 12.7. The van der Waals surface area contributed by atoms with Crippen LogP contribution in [0.4, 0.5) is 0 Å². The van der Waals surface area contributed by atoms with E-state index in [2.05, 4.69) is 43.1 Å². The molecule has 4 heteroatoms. The summed E-state index contributed by atoms with van der Waals surface area (Å²) in [5, 5.41) is 0. The lowest BCUT2D eigenvalue weighted by Gasteiger charge is -2.21. The standard InChI is InChI=1S/C21H31N3O/c1-3-5-15-24(16-6-4-2)21(25)20-17-23(18-22-20)14-10-13-19-11-8-7-9-12-19/h7-9,11-12,17-18H,3-6,10,13-16H2,1-2H3. The fourth-order valence-electron chi connectivity index (χ4n) is 2.88. The summed E-state index contributed by atoms with van der Waals surface area (Å²) in [7, 11) is 0. The number of rotatable bonds is 11.